The number of amides is 1. The van der Waals surface area contributed by atoms with E-state index in [1.54, 1.807) is 19.4 Å². The molecule has 0 radical (unpaired) electrons. The van der Waals surface area contributed by atoms with Gasteiger partial charge in [-0.15, -0.1) is 0 Å². The first-order chi connectivity index (χ1) is 12.3. The van der Waals surface area contributed by atoms with Gasteiger partial charge >= 0.3 is 0 Å². The van der Waals surface area contributed by atoms with E-state index in [0.717, 1.165) is 43.0 Å². The molecule has 25 heavy (non-hydrogen) atoms. The Morgan fingerprint density at radius 3 is 3.04 bits per heavy atom. The lowest BCUT2D eigenvalue weighted by Gasteiger charge is -2.13. The Hall–Kier alpha value is -2.60. The summed E-state index contributed by atoms with van der Waals surface area (Å²) in [5, 5.41) is 6.19. The topological polar surface area (TPSA) is 72.5 Å². The van der Waals surface area contributed by atoms with Crippen LogP contribution in [0.1, 0.15) is 28.9 Å². The number of nitrogens with one attached hydrogen (secondary N) is 2. The first-order valence-corrected chi connectivity index (χ1v) is 8.48. The maximum absolute atomic E-state index is 12.4. The second kappa shape index (κ2) is 8.48. The zero-order valence-electron chi connectivity index (χ0n) is 14.3. The molecule has 6 nitrogen and oxygen atoms in total. The Bertz CT molecular complexity index is 715. The summed E-state index contributed by atoms with van der Waals surface area (Å²) < 4.78 is 10.9. The van der Waals surface area contributed by atoms with E-state index in [4.69, 9.17) is 9.47 Å². The van der Waals surface area contributed by atoms with E-state index in [1.807, 2.05) is 30.3 Å². The normalized spacial score (nSPS) is 16.4. The third-order valence-corrected chi connectivity index (χ3v) is 4.18. The van der Waals surface area contributed by atoms with Gasteiger partial charge in [-0.25, -0.2) is 0 Å². The van der Waals surface area contributed by atoms with E-state index in [0.29, 0.717) is 12.2 Å². The van der Waals surface area contributed by atoms with Gasteiger partial charge in [0.1, 0.15) is 11.4 Å². The number of carbonyl (C=O) groups is 1. The van der Waals surface area contributed by atoms with Crippen molar-refractivity contribution in [1.29, 1.82) is 0 Å². The first-order valence-electron chi connectivity index (χ1n) is 8.48. The lowest BCUT2D eigenvalue weighted by Crippen LogP contribution is -2.24. The van der Waals surface area contributed by atoms with E-state index in [9.17, 15) is 4.79 Å². The van der Waals surface area contributed by atoms with E-state index >= 15 is 0 Å². The summed E-state index contributed by atoms with van der Waals surface area (Å²) in [6.45, 7) is 1.96. The number of anilines is 1. The van der Waals surface area contributed by atoms with E-state index in [2.05, 4.69) is 15.6 Å². The van der Waals surface area contributed by atoms with Gasteiger partial charge in [-0.05, 0) is 31.0 Å². The van der Waals surface area contributed by atoms with Gasteiger partial charge in [-0.1, -0.05) is 18.2 Å². The number of rotatable bonds is 7. The molecule has 1 atom stereocenters. The van der Waals surface area contributed by atoms with E-state index < -0.39 is 0 Å². The fourth-order valence-corrected chi connectivity index (χ4v) is 2.82. The SMILES string of the molecule is COc1ccccc1CNC(=O)c1cc(NCC2CCCO2)ccn1. The summed E-state index contributed by atoms with van der Waals surface area (Å²) in [5.74, 6) is 0.536. The Morgan fingerprint density at radius 1 is 1.36 bits per heavy atom. The fraction of sp³-hybridized carbons (Fsp3) is 0.368. The van der Waals surface area contributed by atoms with Crippen LogP contribution in [-0.2, 0) is 11.3 Å². The Balaban J connectivity index is 1.57. The summed E-state index contributed by atoms with van der Waals surface area (Å²) in [5.41, 5.74) is 2.17. The highest BCUT2D eigenvalue weighted by Gasteiger charge is 2.15. The monoisotopic (exact) mass is 341 g/mol. The molecule has 0 spiro atoms. The van der Waals surface area contributed by atoms with Crippen molar-refractivity contribution in [2.75, 3.05) is 25.6 Å². The van der Waals surface area contributed by atoms with Crippen LogP contribution >= 0.6 is 0 Å². The van der Waals surface area contributed by atoms with E-state index in [1.165, 1.54) is 0 Å². The van der Waals surface area contributed by atoms with Crippen LogP contribution in [0.2, 0.25) is 0 Å². The summed E-state index contributed by atoms with van der Waals surface area (Å²) in [7, 11) is 1.62. The van der Waals surface area contributed by atoms with Crippen molar-refractivity contribution < 1.29 is 14.3 Å². The Labute approximate surface area is 147 Å². The number of hydrogen-bond donors (Lipinski definition) is 2. The molecule has 1 aliphatic rings. The highest BCUT2D eigenvalue weighted by Crippen LogP contribution is 2.17. The van der Waals surface area contributed by atoms with Crippen molar-refractivity contribution in [2.45, 2.75) is 25.5 Å². The molecule has 1 aromatic heterocycles. The molecule has 0 saturated carbocycles. The molecule has 1 saturated heterocycles. The standard InChI is InChI=1S/C19H23N3O3/c1-24-18-7-3-2-5-14(18)12-22-19(23)17-11-15(8-9-20-17)21-13-16-6-4-10-25-16/h2-3,5,7-9,11,16H,4,6,10,12-13H2,1H3,(H,20,21)(H,22,23). The number of para-hydroxylation sites is 1. The van der Waals surface area contributed by atoms with Gasteiger partial charge in [0.2, 0.25) is 0 Å². The minimum Gasteiger partial charge on any atom is -0.496 e. The number of benzene rings is 1. The highest BCUT2D eigenvalue weighted by atomic mass is 16.5. The zero-order chi connectivity index (χ0) is 17.5. The second-order valence-electron chi connectivity index (χ2n) is 5.94. The van der Waals surface area contributed by atoms with E-state index in [-0.39, 0.29) is 12.0 Å². The molecule has 2 N–H and O–H groups in total. The van der Waals surface area contributed by atoms with Crippen LogP contribution in [0.15, 0.2) is 42.6 Å². The molecule has 6 heteroatoms. The average Bonchev–Trinajstić information content (AvgIpc) is 3.18. The van der Waals surface area contributed by atoms with Crippen LogP contribution in [0.25, 0.3) is 0 Å². The van der Waals surface area contributed by atoms with Gasteiger partial charge in [-0.3, -0.25) is 9.78 Å². The van der Waals surface area contributed by atoms with Crippen LogP contribution in [0, 0.1) is 0 Å². The Morgan fingerprint density at radius 2 is 2.24 bits per heavy atom. The minimum atomic E-state index is -0.216. The molecule has 132 valence electrons. The molecule has 3 rings (SSSR count). The quantitative estimate of drug-likeness (QED) is 0.810. The third kappa shape index (κ3) is 4.70. The number of ether oxygens (including phenoxy) is 2. The summed E-state index contributed by atoms with van der Waals surface area (Å²) in [6.07, 6.45) is 4.07. The molecule has 1 fully saturated rings. The molecule has 1 amide bonds. The van der Waals surface area contributed by atoms with Gasteiger partial charge in [0.25, 0.3) is 5.91 Å². The second-order valence-corrected chi connectivity index (χ2v) is 5.94. The zero-order valence-corrected chi connectivity index (χ0v) is 14.3. The Kier molecular flexibility index (Phi) is 5.85. The van der Waals surface area contributed by atoms with Crippen molar-refractivity contribution in [1.82, 2.24) is 10.3 Å². The number of carbonyl (C=O) groups excluding carboxylic acids is 1. The fourth-order valence-electron chi connectivity index (χ4n) is 2.82. The van der Waals surface area contributed by atoms with Gasteiger partial charge in [-0.2, -0.15) is 0 Å². The van der Waals surface area contributed by atoms with Gasteiger partial charge in [0.05, 0.1) is 13.2 Å². The summed E-state index contributed by atoms with van der Waals surface area (Å²) in [6, 6.07) is 11.2. The lowest BCUT2D eigenvalue weighted by molar-refractivity contribution is 0.0945. The number of aromatic nitrogens is 1. The van der Waals surface area contributed by atoms with Crippen molar-refractivity contribution in [2.24, 2.45) is 0 Å². The predicted octanol–water partition coefficient (Wildman–Crippen LogP) is 2.61. The maximum atomic E-state index is 12.4. The predicted molar refractivity (Wildman–Crippen MR) is 95.9 cm³/mol. The molecule has 1 unspecified atom stereocenters. The number of methoxy groups -OCH3 is 1. The molecule has 1 aromatic carbocycles. The van der Waals surface area contributed by atoms with Gasteiger partial charge in [0, 0.05) is 37.1 Å². The van der Waals surface area contributed by atoms with Crippen molar-refractivity contribution >= 4 is 11.6 Å². The minimum absolute atomic E-state index is 0.216. The molecule has 2 aromatic rings. The third-order valence-electron chi connectivity index (χ3n) is 4.18. The molecule has 1 aliphatic heterocycles. The van der Waals surface area contributed by atoms with Crippen LogP contribution < -0.4 is 15.4 Å². The van der Waals surface area contributed by atoms with Crippen molar-refractivity contribution in [3.05, 3.63) is 53.9 Å². The van der Waals surface area contributed by atoms with Gasteiger partial charge in [0.15, 0.2) is 0 Å². The molecule has 0 aliphatic carbocycles. The molecule has 2 heterocycles. The molecular weight excluding hydrogens is 318 g/mol. The highest BCUT2D eigenvalue weighted by molar-refractivity contribution is 5.93. The molecular formula is C19H23N3O3. The molecule has 0 bridgehead atoms. The largest absolute Gasteiger partial charge is 0.496 e. The van der Waals surface area contributed by atoms with Gasteiger partial charge < -0.3 is 20.1 Å². The number of nitrogens with zero attached hydrogens (tertiary/aromatic N) is 1. The maximum Gasteiger partial charge on any atom is 0.270 e. The average molecular weight is 341 g/mol. The summed E-state index contributed by atoms with van der Waals surface area (Å²) >= 11 is 0. The van der Waals surface area contributed by atoms with Crippen LogP contribution in [0.4, 0.5) is 5.69 Å². The number of pyridine rings is 1. The van der Waals surface area contributed by atoms with Crippen LogP contribution in [0.5, 0.6) is 5.75 Å². The number of hydrogen-bond acceptors (Lipinski definition) is 5. The smallest absolute Gasteiger partial charge is 0.270 e. The van der Waals surface area contributed by atoms with Crippen molar-refractivity contribution in [3.8, 4) is 5.75 Å². The van der Waals surface area contributed by atoms with Crippen molar-refractivity contribution in [3.63, 3.8) is 0 Å². The first kappa shape index (κ1) is 17.2. The lowest BCUT2D eigenvalue weighted by atomic mass is 10.2. The van der Waals surface area contributed by atoms with Crippen LogP contribution in [0.3, 0.4) is 0 Å². The summed E-state index contributed by atoms with van der Waals surface area (Å²) in [4.78, 5) is 16.5. The van der Waals surface area contributed by atoms with Crippen LogP contribution in [-0.4, -0.2) is 37.3 Å².